The summed E-state index contributed by atoms with van der Waals surface area (Å²) in [4.78, 5) is 14.7. The van der Waals surface area contributed by atoms with Crippen molar-refractivity contribution in [2.24, 2.45) is 0 Å². The minimum atomic E-state index is -3.65. The molecule has 0 saturated heterocycles. The van der Waals surface area contributed by atoms with E-state index in [1.165, 1.54) is 15.4 Å². The quantitative estimate of drug-likeness (QED) is 0.548. The molecule has 7 heteroatoms. The lowest BCUT2D eigenvalue weighted by Crippen LogP contribution is -2.38. The first-order valence-electron chi connectivity index (χ1n) is 10.6. The summed E-state index contributed by atoms with van der Waals surface area (Å²) < 4.78 is 33.0. The van der Waals surface area contributed by atoms with Gasteiger partial charge in [0, 0.05) is 19.6 Å². The molecule has 0 atom stereocenters. The molecule has 0 spiro atoms. The van der Waals surface area contributed by atoms with E-state index in [1.807, 2.05) is 17.0 Å². The van der Waals surface area contributed by atoms with Gasteiger partial charge in [-0.15, -0.1) is 0 Å². The summed E-state index contributed by atoms with van der Waals surface area (Å²) in [7, 11) is -3.65. The van der Waals surface area contributed by atoms with Crippen LogP contribution in [0, 0.1) is 0 Å². The zero-order valence-electron chi connectivity index (χ0n) is 18.0. The summed E-state index contributed by atoms with van der Waals surface area (Å²) in [5.74, 6) is 0.457. The van der Waals surface area contributed by atoms with Crippen LogP contribution in [0.4, 0.5) is 5.69 Å². The number of carbonyl (C=O) groups excluding carboxylic acids is 1. The first-order chi connectivity index (χ1) is 15.5. The average molecular weight is 451 g/mol. The lowest BCUT2D eigenvalue weighted by molar-refractivity contribution is -0.134. The maximum atomic E-state index is 13.0. The molecule has 1 aliphatic heterocycles. The van der Waals surface area contributed by atoms with E-state index in [0.717, 1.165) is 6.42 Å². The summed E-state index contributed by atoms with van der Waals surface area (Å²) >= 11 is 0. The molecule has 3 aromatic rings. The van der Waals surface area contributed by atoms with Gasteiger partial charge in [0.05, 0.1) is 10.6 Å². The lowest BCUT2D eigenvalue weighted by Gasteiger charge is -2.28. The number of benzene rings is 3. The van der Waals surface area contributed by atoms with Crippen LogP contribution in [0.5, 0.6) is 5.75 Å². The fourth-order valence-corrected chi connectivity index (χ4v) is 5.36. The van der Waals surface area contributed by atoms with Crippen molar-refractivity contribution in [3.05, 3.63) is 90.0 Å². The molecule has 0 saturated carbocycles. The van der Waals surface area contributed by atoms with E-state index < -0.39 is 10.0 Å². The number of carbonyl (C=O) groups is 1. The molecule has 0 N–H and O–H groups in total. The highest BCUT2D eigenvalue weighted by Crippen LogP contribution is 2.26. The van der Waals surface area contributed by atoms with Crippen LogP contribution in [-0.4, -0.2) is 38.9 Å². The molecule has 1 aliphatic rings. The molecule has 6 nitrogen and oxygen atoms in total. The van der Waals surface area contributed by atoms with Crippen molar-refractivity contribution < 1.29 is 17.9 Å². The second-order valence-corrected chi connectivity index (χ2v) is 9.46. The van der Waals surface area contributed by atoms with Crippen molar-refractivity contribution >= 4 is 21.6 Å². The van der Waals surface area contributed by atoms with Gasteiger partial charge in [0.2, 0.25) is 0 Å². The van der Waals surface area contributed by atoms with Crippen molar-refractivity contribution in [1.29, 1.82) is 0 Å². The Morgan fingerprint density at radius 1 is 0.938 bits per heavy atom. The predicted octanol–water partition coefficient (Wildman–Crippen LogP) is 3.87. The molecule has 166 valence electrons. The Morgan fingerprint density at radius 2 is 1.59 bits per heavy atom. The van der Waals surface area contributed by atoms with Gasteiger partial charge in [-0.25, -0.2) is 8.42 Å². The molecule has 0 bridgehead atoms. The van der Waals surface area contributed by atoms with Crippen LogP contribution in [0.3, 0.4) is 0 Å². The van der Waals surface area contributed by atoms with Crippen LogP contribution in [0.25, 0.3) is 0 Å². The highest BCUT2D eigenvalue weighted by Gasteiger charge is 2.24. The first kappa shape index (κ1) is 21.9. The summed E-state index contributed by atoms with van der Waals surface area (Å²) in [6.07, 6.45) is 0.847. The number of amides is 1. The molecule has 4 rings (SSSR count). The smallest absolute Gasteiger partial charge is 0.264 e. The summed E-state index contributed by atoms with van der Waals surface area (Å²) in [6, 6.07) is 23.3. The van der Waals surface area contributed by atoms with E-state index in [0.29, 0.717) is 31.1 Å². The molecule has 1 amide bonds. The number of hydrogen-bond acceptors (Lipinski definition) is 4. The number of anilines is 1. The Bertz CT molecular complexity index is 1180. The molecule has 0 unspecified atom stereocenters. The Hall–Kier alpha value is -3.32. The Morgan fingerprint density at radius 3 is 2.28 bits per heavy atom. The topological polar surface area (TPSA) is 66.9 Å². The van der Waals surface area contributed by atoms with Gasteiger partial charge in [-0.05, 0) is 60.9 Å². The molecule has 0 radical (unpaired) electrons. The maximum absolute atomic E-state index is 13.0. The van der Waals surface area contributed by atoms with Crippen molar-refractivity contribution in [1.82, 2.24) is 4.90 Å². The fourth-order valence-electron chi connectivity index (χ4n) is 3.86. The fraction of sp³-hybridized carbons (Fsp3) is 0.240. The molecule has 0 aromatic heterocycles. The van der Waals surface area contributed by atoms with Crippen LogP contribution in [0.15, 0.2) is 83.8 Å². The largest absolute Gasteiger partial charge is 0.484 e. The molecule has 0 aliphatic carbocycles. The molecule has 0 fully saturated rings. The van der Waals surface area contributed by atoms with Gasteiger partial charge in [0.1, 0.15) is 5.75 Å². The van der Waals surface area contributed by atoms with Gasteiger partial charge in [-0.2, -0.15) is 0 Å². The highest BCUT2D eigenvalue weighted by atomic mass is 32.2. The van der Waals surface area contributed by atoms with Crippen LogP contribution in [-0.2, 0) is 27.8 Å². The van der Waals surface area contributed by atoms with Crippen molar-refractivity contribution in [2.45, 2.75) is 24.8 Å². The van der Waals surface area contributed by atoms with E-state index in [2.05, 4.69) is 12.1 Å². The van der Waals surface area contributed by atoms with Crippen molar-refractivity contribution in [3.8, 4) is 5.75 Å². The normalized spacial score (nSPS) is 13.3. The van der Waals surface area contributed by atoms with E-state index >= 15 is 0 Å². The monoisotopic (exact) mass is 450 g/mol. The van der Waals surface area contributed by atoms with Gasteiger partial charge in [0.25, 0.3) is 15.9 Å². The number of rotatable bonds is 7. The van der Waals surface area contributed by atoms with Gasteiger partial charge < -0.3 is 9.64 Å². The zero-order valence-corrected chi connectivity index (χ0v) is 18.8. The average Bonchev–Trinajstić information content (AvgIpc) is 2.84. The Balaban J connectivity index is 1.39. The second-order valence-electron chi connectivity index (χ2n) is 7.60. The van der Waals surface area contributed by atoms with E-state index in [4.69, 9.17) is 4.74 Å². The number of hydrogen-bond donors (Lipinski definition) is 0. The van der Waals surface area contributed by atoms with Crippen molar-refractivity contribution in [3.63, 3.8) is 0 Å². The third-order valence-electron chi connectivity index (χ3n) is 5.59. The van der Waals surface area contributed by atoms with Gasteiger partial charge in [0.15, 0.2) is 6.61 Å². The van der Waals surface area contributed by atoms with E-state index in [1.54, 1.807) is 61.5 Å². The second kappa shape index (κ2) is 9.44. The molecule has 32 heavy (non-hydrogen) atoms. The van der Waals surface area contributed by atoms with Gasteiger partial charge in [-0.1, -0.05) is 42.5 Å². The standard InChI is InChI=1S/C25H26N2O4S/c1-2-27(32(29,30)24-10-4-3-5-11-24)22-12-14-23(15-13-22)31-19-25(28)26-17-16-20-8-6-7-9-21(20)18-26/h3-15H,2,16-19H2,1H3. The van der Waals surface area contributed by atoms with Crippen LogP contribution >= 0.6 is 0 Å². The van der Waals surface area contributed by atoms with Crippen LogP contribution in [0.1, 0.15) is 18.1 Å². The van der Waals surface area contributed by atoms with Crippen LogP contribution in [0.2, 0.25) is 0 Å². The third kappa shape index (κ3) is 4.62. The number of nitrogens with zero attached hydrogens (tertiary/aromatic N) is 2. The minimum absolute atomic E-state index is 0.0542. The third-order valence-corrected chi connectivity index (χ3v) is 7.51. The molecular formula is C25H26N2O4S. The van der Waals surface area contributed by atoms with E-state index in [-0.39, 0.29) is 17.4 Å². The van der Waals surface area contributed by atoms with Gasteiger partial charge >= 0.3 is 0 Å². The minimum Gasteiger partial charge on any atom is -0.484 e. The number of ether oxygens (including phenoxy) is 1. The molecular weight excluding hydrogens is 424 g/mol. The Kier molecular flexibility index (Phi) is 6.46. The Labute approximate surface area is 189 Å². The lowest BCUT2D eigenvalue weighted by atomic mass is 10.00. The SMILES string of the molecule is CCN(c1ccc(OCC(=O)N2CCc3ccccc3C2)cc1)S(=O)(=O)c1ccccc1. The molecule has 1 heterocycles. The summed E-state index contributed by atoms with van der Waals surface area (Å²) in [5.41, 5.74) is 3.01. The highest BCUT2D eigenvalue weighted by molar-refractivity contribution is 7.92. The number of sulfonamides is 1. The van der Waals surface area contributed by atoms with E-state index in [9.17, 15) is 13.2 Å². The van der Waals surface area contributed by atoms with Gasteiger partial charge in [-0.3, -0.25) is 9.10 Å². The number of fused-ring (bicyclic) bond motifs is 1. The molecule has 3 aromatic carbocycles. The zero-order chi connectivity index (χ0) is 22.6. The predicted molar refractivity (Wildman–Crippen MR) is 124 cm³/mol. The van der Waals surface area contributed by atoms with Crippen LogP contribution < -0.4 is 9.04 Å². The summed E-state index contributed by atoms with van der Waals surface area (Å²) in [6.45, 7) is 3.31. The summed E-state index contributed by atoms with van der Waals surface area (Å²) in [5, 5.41) is 0. The maximum Gasteiger partial charge on any atom is 0.264 e. The van der Waals surface area contributed by atoms with Crippen molar-refractivity contribution in [2.75, 3.05) is 24.0 Å². The first-order valence-corrected chi connectivity index (χ1v) is 12.1.